The predicted molar refractivity (Wildman–Crippen MR) is 230 cm³/mol. The lowest BCUT2D eigenvalue weighted by molar-refractivity contribution is -0.144. The largest absolute Gasteiger partial charge is 0.508 e. The predicted octanol–water partition coefficient (Wildman–Crippen LogP) is 7.92. The summed E-state index contributed by atoms with van der Waals surface area (Å²) in [6.07, 6.45) is 3.59. The molecule has 0 heterocycles. The number of carboxylic acid groups (broad SMARTS) is 1. The number of carbonyl (C=O) groups excluding carboxylic acids is 2. The van der Waals surface area contributed by atoms with Crippen LogP contribution in [0.25, 0.3) is 0 Å². The van der Waals surface area contributed by atoms with E-state index in [9.17, 15) is 14.4 Å². The molecule has 4 N–H and O–H groups in total. The maximum absolute atomic E-state index is 11.6. The third-order valence-corrected chi connectivity index (χ3v) is 11.7. The minimum Gasteiger partial charge on any atom is -0.508 e. The first-order valence-electron chi connectivity index (χ1n) is 17.7. The van der Waals surface area contributed by atoms with Gasteiger partial charge in [0.15, 0.2) is 6.10 Å². The number of nitrogens with one attached hydrogen (secondary N) is 2. The van der Waals surface area contributed by atoms with Crippen LogP contribution >= 0.6 is 50.5 Å². The Labute approximate surface area is 339 Å². The first-order valence-corrected chi connectivity index (χ1v) is 19.4. The topological polar surface area (TPSA) is 125 Å². The summed E-state index contributed by atoms with van der Waals surface area (Å²) in [5.74, 6) is -0.0249. The van der Waals surface area contributed by atoms with Gasteiger partial charge in [-0.2, -0.15) is 27.0 Å². The van der Waals surface area contributed by atoms with Crippen molar-refractivity contribution < 1.29 is 29.3 Å². The summed E-state index contributed by atoms with van der Waals surface area (Å²) in [6, 6.07) is 20.4. The molecule has 53 heavy (non-hydrogen) atoms. The number of ether oxygens (including phenoxy) is 1. The Hall–Kier alpha value is -2.61. The van der Waals surface area contributed by atoms with Crippen LogP contribution in [-0.2, 0) is 40.1 Å². The van der Waals surface area contributed by atoms with Gasteiger partial charge in [-0.05, 0) is 158 Å². The van der Waals surface area contributed by atoms with E-state index < -0.39 is 12.1 Å². The van der Waals surface area contributed by atoms with Crippen LogP contribution in [0.3, 0.4) is 0 Å². The molecule has 0 bridgehead atoms. The van der Waals surface area contributed by atoms with Crippen molar-refractivity contribution in [3.63, 3.8) is 0 Å². The molecule has 0 aromatic heterocycles. The van der Waals surface area contributed by atoms with E-state index in [0.29, 0.717) is 17.8 Å². The van der Waals surface area contributed by atoms with E-state index in [4.69, 9.17) is 14.9 Å². The molecule has 8 nitrogen and oxygen atoms in total. The van der Waals surface area contributed by atoms with Gasteiger partial charge in [-0.15, -0.1) is 23.5 Å². The molecule has 0 amide bonds. The molecular weight excluding hydrogens is 745 g/mol. The van der Waals surface area contributed by atoms with Crippen molar-refractivity contribution >= 4 is 68.1 Å². The molecular formula is C41H60N2O6S4. The second kappa shape index (κ2) is 22.1. The summed E-state index contributed by atoms with van der Waals surface area (Å²) >= 11 is 3.33. The zero-order chi connectivity index (χ0) is 37.9. The smallest absolute Gasteiger partial charge is 0.344 e. The van der Waals surface area contributed by atoms with Gasteiger partial charge in [0.05, 0.1) is 9.49 Å². The monoisotopic (exact) mass is 804 g/mol. The van der Waals surface area contributed by atoms with Gasteiger partial charge in [-0.25, -0.2) is 4.79 Å². The van der Waals surface area contributed by atoms with Crippen LogP contribution in [0.1, 0.15) is 84.6 Å². The molecule has 294 valence electrons. The standard InChI is InChI=1S/2C16H23NOS.C9H10O4.2H2S/c2*1-5-17-14-8-12-6-7-15(10-13(12)9-14)19-16(3,4)11(2)18;1-6(9(11)12)13-8-4-2-7(10)3-5-8;;/h2*6-7,10,14,17H,5,8-9H2,1-4H3;2-6,10H,1H3,(H,11,12);2*1H2/t2*14-;6-;;/m001../s1. The minimum atomic E-state index is -1.02. The van der Waals surface area contributed by atoms with Crippen molar-refractivity contribution in [3.8, 4) is 11.5 Å². The van der Waals surface area contributed by atoms with Crippen molar-refractivity contribution in [3.05, 3.63) is 82.9 Å². The Morgan fingerprint density at radius 2 is 1.09 bits per heavy atom. The normalized spacial score (nSPS) is 16.2. The molecule has 0 aliphatic heterocycles. The molecule has 0 unspecified atom stereocenters. The zero-order valence-corrected chi connectivity index (χ0v) is 36.2. The van der Waals surface area contributed by atoms with E-state index in [1.165, 1.54) is 63.2 Å². The first kappa shape index (κ1) is 48.4. The lowest BCUT2D eigenvalue weighted by Gasteiger charge is -2.20. The summed E-state index contributed by atoms with van der Waals surface area (Å²) in [5, 5.41) is 24.5. The number of hydrogen-bond acceptors (Lipinski definition) is 9. The number of Topliss-reactive ketones (excluding diaryl/α,β-unsaturated/α-hetero) is 2. The number of aromatic hydroxyl groups is 1. The Morgan fingerprint density at radius 3 is 1.43 bits per heavy atom. The summed E-state index contributed by atoms with van der Waals surface area (Å²) in [7, 11) is 0. The molecule has 12 heteroatoms. The molecule has 0 radical (unpaired) electrons. The van der Waals surface area contributed by atoms with Gasteiger partial charge >= 0.3 is 5.97 Å². The van der Waals surface area contributed by atoms with Crippen molar-refractivity contribution in [1.82, 2.24) is 10.6 Å². The van der Waals surface area contributed by atoms with Gasteiger partial charge in [-0.3, -0.25) is 9.59 Å². The van der Waals surface area contributed by atoms with Crippen molar-refractivity contribution in [2.75, 3.05) is 13.1 Å². The summed E-state index contributed by atoms with van der Waals surface area (Å²) in [6.45, 7) is 19.1. The van der Waals surface area contributed by atoms with Gasteiger partial charge in [0.1, 0.15) is 23.1 Å². The highest BCUT2D eigenvalue weighted by Crippen LogP contribution is 2.37. The SMILES string of the molecule is CCN[C@H]1Cc2ccc(SC(C)(C)C(C)=O)cc2C1.CCN[C@H]1Cc2ccc(SC(C)(C)C(C)=O)cc2C1.C[C@@H](Oc1ccc(O)cc1)C(=O)O.S.S. The molecule has 3 atom stereocenters. The highest BCUT2D eigenvalue weighted by Gasteiger charge is 2.28. The lowest BCUT2D eigenvalue weighted by atomic mass is 10.1. The van der Waals surface area contributed by atoms with Crippen LogP contribution in [0.5, 0.6) is 11.5 Å². The Balaban J connectivity index is 0.000000398. The number of rotatable bonds is 13. The fourth-order valence-corrected chi connectivity index (χ4v) is 7.83. The number of hydrogen-bond donors (Lipinski definition) is 4. The number of thioether (sulfide) groups is 2. The lowest BCUT2D eigenvalue weighted by Crippen LogP contribution is -2.28. The van der Waals surface area contributed by atoms with E-state index in [0.717, 1.165) is 38.8 Å². The molecule has 3 aromatic rings. The highest BCUT2D eigenvalue weighted by atomic mass is 32.2. The summed E-state index contributed by atoms with van der Waals surface area (Å²) in [5.41, 5.74) is 5.79. The van der Waals surface area contributed by atoms with Crippen molar-refractivity contribution in [2.24, 2.45) is 0 Å². The van der Waals surface area contributed by atoms with Gasteiger partial charge in [0, 0.05) is 21.9 Å². The zero-order valence-electron chi connectivity index (χ0n) is 32.6. The number of ketones is 2. The quantitative estimate of drug-likeness (QED) is 0.127. The van der Waals surface area contributed by atoms with Crippen LogP contribution < -0.4 is 15.4 Å². The molecule has 3 aromatic carbocycles. The van der Waals surface area contributed by atoms with E-state index in [2.05, 4.69) is 60.9 Å². The number of phenols is 1. The van der Waals surface area contributed by atoms with E-state index in [-0.39, 0.29) is 53.8 Å². The number of carboxylic acids is 1. The summed E-state index contributed by atoms with van der Waals surface area (Å²) < 4.78 is 4.34. The maximum atomic E-state index is 11.6. The number of aliphatic carboxylic acids is 1. The van der Waals surface area contributed by atoms with Gasteiger partial charge in [-0.1, -0.05) is 26.0 Å². The van der Waals surface area contributed by atoms with E-state index in [1.54, 1.807) is 37.4 Å². The van der Waals surface area contributed by atoms with E-state index >= 15 is 0 Å². The first-order chi connectivity index (χ1) is 23.9. The average molecular weight is 805 g/mol. The fraction of sp³-hybridized carbons (Fsp3) is 0.488. The van der Waals surface area contributed by atoms with Crippen LogP contribution in [0.4, 0.5) is 0 Å². The Kier molecular flexibility index (Phi) is 20.2. The third kappa shape index (κ3) is 15.2. The molecule has 2 aliphatic rings. The third-order valence-electron chi connectivity index (χ3n) is 9.15. The number of carbonyl (C=O) groups is 3. The highest BCUT2D eigenvalue weighted by molar-refractivity contribution is 8.01. The molecule has 0 spiro atoms. The maximum Gasteiger partial charge on any atom is 0.344 e. The molecule has 0 saturated carbocycles. The van der Waals surface area contributed by atoms with Gasteiger partial charge in [0.2, 0.25) is 0 Å². The molecule has 0 fully saturated rings. The van der Waals surface area contributed by atoms with Crippen LogP contribution in [0.15, 0.2) is 70.5 Å². The number of phenolic OH excluding ortho intramolecular Hbond substituents is 1. The second-order valence-electron chi connectivity index (χ2n) is 14.1. The molecule has 5 rings (SSSR count). The number of benzene rings is 3. The average Bonchev–Trinajstić information content (AvgIpc) is 3.65. The van der Waals surface area contributed by atoms with Gasteiger partial charge in [0.25, 0.3) is 0 Å². The molecule has 2 aliphatic carbocycles. The van der Waals surface area contributed by atoms with Crippen molar-refractivity contribution in [2.45, 2.75) is 125 Å². The Bertz CT molecular complexity index is 1560. The van der Waals surface area contributed by atoms with Gasteiger partial charge < -0.3 is 25.6 Å². The van der Waals surface area contributed by atoms with Crippen LogP contribution in [-0.4, -0.2) is 68.5 Å². The minimum absolute atomic E-state index is 0. The summed E-state index contributed by atoms with van der Waals surface area (Å²) in [4.78, 5) is 36.0. The van der Waals surface area contributed by atoms with Crippen molar-refractivity contribution in [1.29, 1.82) is 0 Å². The van der Waals surface area contributed by atoms with Crippen LogP contribution in [0, 0.1) is 0 Å². The fourth-order valence-electron chi connectivity index (χ4n) is 5.69. The Morgan fingerprint density at radius 1 is 0.717 bits per heavy atom. The number of fused-ring (bicyclic) bond motifs is 2. The number of likely N-dealkylation sites (N-methyl/N-ethyl adjacent to an activating group) is 2. The molecule has 0 saturated heterocycles. The second-order valence-corrected chi connectivity index (χ2v) is 17.5. The van der Waals surface area contributed by atoms with E-state index in [1.807, 2.05) is 27.7 Å². The van der Waals surface area contributed by atoms with Crippen LogP contribution in [0.2, 0.25) is 0 Å².